The van der Waals surface area contributed by atoms with Gasteiger partial charge in [0.1, 0.15) is 5.69 Å². The Bertz CT molecular complexity index is 818. The van der Waals surface area contributed by atoms with Crippen molar-refractivity contribution in [3.63, 3.8) is 0 Å². The number of carboxylic acid groups (broad SMARTS) is 1. The van der Waals surface area contributed by atoms with E-state index in [2.05, 4.69) is 5.32 Å². The van der Waals surface area contributed by atoms with E-state index in [0.29, 0.717) is 5.56 Å². The molecule has 2 rings (SSSR count). The van der Waals surface area contributed by atoms with Crippen LogP contribution >= 0.6 is 0 Å². The van der Waals surface area contributed by atoms with Crippen molar-refractivity contribution in [2.24, 2.45) is 0 Å². The number of nitro groups is 2. The van der Waals surface area contributed by atoms with Gasteiger partial charge in [-0.25, -0.2) is 4.79 Å². The molecule has 0 aliphatic rings. The first-order chi connectivity index (χ1) is 10.8. The molecule has 0 aliphatic heterocycles. The zero-order valence-electron chi connectivity index (χ0n) is 11.8. The number of nitro benzene ring substituents is 2. The highest BCUT2D eigenvalue weighted by molar-refractivity contribution is 5.97. The number of aromatic carboxylic acids is 1. The van der Waals surface area contributed by atoms with Crippen molar-refractivity contribution in [3.05, 3.63) is 67.8 Å². The van der Waals surface area contributed by atoms with Gasteiger partial charge in [0.2, 0.25) is 0 Å². The van der Waals surface area contributed by atoms with Crippen LogP contribution in [-0.2, 0) is 0 Å². The Balaban J connectivity index is 2.53. The predicted octanol–water partition coefficient (Wildman–Crippen LogP) is 3.25. The Hall–Kier alpha value is -3.49. The number of rotatable bonds is 5. The highest BCUT2D eigenvalue weighted by Gasteiger charge is 2.21. The van der Waals surface area contributed by atoms with Crippen LogP contribution in [0.4, 0.5) is 22.7 Å². The molecule has 0 spiro atoms. The summed E-state index contributed by atoms with van der Waals surface area (Å²) in [6.45, 7) is 1.60. The molecule has 9 nitrogen and oxygen atoms in total. The van der Waals surface area contributed by atoms with E-state index >= 15 is 0 Å². The molecule has 0 amide bonds. The van der Waals surface area contributed by atoms with Crippen molar-refractivity contribution in [2.45, 2.75) is 6.92 Å². The topological polar surface area (TPSA) is 136 Å². The highest BCUT2D eigenvalue weighted by Crippen LogP contribution is 2.33. The van der Waals surface area contributed by atoms with Crippen LogP contribution in [0.15, 0.2) is 36.4 Å². The molecule has 0 aliphatic carbocycles. The van der Waals surface area contributed by atoms with Crippen LogP contribution < -0.4 is 5.32 Å². The van der Waals surface area contributed by atoms with E-state index in [9.17, 15) is 30.1 Å². The predicted molar refractivity (Wildman–Crippen MR) is 81.2 cm³/mol. The van der Waals surface area contributed by atoms with Crippen molar-refractivity contribution in [2.75, 3.05) is 5.32 Å². The van der Waals surface area contributed by atoms with Gasteiger partial charge in [-0.05, 0) is 24.6 Å². The van der Waals surface area contributed by atoms with Crippen LogP contribution in [0.1, 0.15) is 15.9 Å². The van der Waals surface area contributed by atoms with Gasteiger partial charge in [0.25, 0.3) is 11.4 Å². The third-order valence-electron chi connectivity index (χ3n) is 3.14. The summed E-state index contributed by atoms with van der Waals surface area (Å²) in [6.07, 6.45) is 0. The lowest BCUT2D eigenvalue weighted by atomic mass is 10.1. The van der Waals surface area contributed by atoms with E-state index in [0.717, 1.165) is 12.1 Å². The molecule has 118 valence electrons. The number of carboxylic acids is 1. The second-order valence-corrected chi connectivity index (χ2v) is 4.64. The molecule has 2 aromatic carbocycles. The molecule has 0 radical (unpaired) electrons. The summed E-state index contributed by atoms with van der Waals surface area (Å²) in [6, 6.07) is 7.75. The normalized spacial score (nSPS) is 10.1. The molecule has 2 aromatic rings. The zero-order chi connectivity index (χ0) is 17.1. The number of hydrogen-bond acceptors (Lipinski definition) is 6. The smallest absolute Gasteiger partial charge is 0.338 e. The molecule has 2 N–H and O–H groups in total. The molecule has 9 heteroatoms. The van der Waals surface area contributed by atoms with E-state index in [-0.39, 0.29) is 16.9 Å². The molecular weight excluding hydrogens is 306 g/mol. The van der Waals surface area contributed by atoms with Gasteiger partial charge in [0.05, 0.1) is 27.2 Å². The van der Waals surface area contributed by atoms with Gasteiger partial charge in [-0.1, -0.05) is 12.1 Å². The van der Waals surface area contributed by atoms with Crippen LogP contribution in [-0.4, -0.2) is 20.9 Å². The highest BCUT2D eigenvalue weighted by atomic mass is 16.6. The Morgan fingerprint density at radius 2 is 1.78 bits per heavy atom. The van der Waals surface area contributed by atoms with Gasteiger partial charge in [0, 0.05) is 6.07 Å². The molecule has 0 fully saturated rings. The van der Waals surface area contributed by atoms with E-state index in [1.807, 2.05) is 0 Å². The summed E-state index contributed by atoms with van der Waals surface area (Å²) in [5, 5.41) is 33.7. The minimum absolute atomic E-state index is 0.0276. The van der Waals surface area contributed by atoms with Crippen molar-refractivity contribution in [1.29, 1.82) is 0 Å². The molecule has 0 atom stereocenters. The number of nitrogens with zero attached hydrogens (tertiary/aromatic N) is 2. The molecule has 0 bridgehead atoms. The lowest BCUT2D eigenvalue weighted by Gasteiger charge is -2.11. The molecule has 0 unspecified atom stereocenters. The van der Waals surface area contributed by atoms with Crippen LogP contribution in [0.2, 0.25) is 0 Å². The molecule has 0 saturated carbocycles. The van der Waals surface area contributed by atoms with Gasteiger partial charge in [0.15, 0.2) is 0 Å². The average molecular weight is 317 g/mol. The number of non-ortho nitro benzene ring substituents is 1. The summed E-state index contributed by atoms with van der Waals surface area (Å²) < 4.78 is 0. The summed E-state index contributed by atoms with van der Waals surface area (Å²) in [4.78, 5) is 31.6. The van der Waals surface area contributed by atoms with E-state index < -0.39 is 27.2 Å². The van der Waals surface area contributed by atoms with Crippen LogP contribution in [0.25, 0.3) is 0 Å². The number of aryl methyl sites for hydroxylation is 1. The standard InChI is InChI=1S/C14H11N3O6/c1-8-3-2-4-11(13(8)14(18)19)15-10-6-5-9(16(20)21)7-12(10)17(22)23/h2-7,15H,1H3,(H,18,19). The van der Waals surface area contributed by atoms with Crippen LogP contribution in [0, 0.1) is 27.2 Å². The van der Waals surface area contributed by atoms with Gasteiger partial charge < -0.3 is 10.4 Å². The Kier molecular flexibility index (Phi) is 4.21. The SMILES string of the molecule is Cc1cccc(Nc2ccc([N+](=O)[O-])cc2[N+](=O)[O-])c1C(=O)O. The Morgan fingerprint density at radius 3 is 2.35 bits per heavy atom. The maximum atomic E-state index is 11.3. The second-order valence-electron chi connectivity index (χ2n) is 4.64. The number of hydrogen-bond donors (Lipinski definition) is 2. The Labute approximate surface area is 129 Å². The monoisotopic (exact) mass is 317 g/mol. The first-order valence-corrected chi connectivity index (χ1v) is 6.34. The van der Waals surface area contributed by atoms with E-state index in [4.69, 9.17) is 0 Å². The van der Waals surface area contributed by atoms with Crippen molar-refractivity contribution < 1.29 is 19.7 Å². The average Bonchev–Trinajstić information content (AvgIpc) is 2.46. The summed E-state index contributed by atoms with van der Waals surface area (Å²) >= 11 is 0. The number of carbonyl (C=O) groups is 1. The fraction of sp³-hybridized carbons (Fsp3) is 0.0714. The molecule has 23 heavy (non-hydrogen) atoms. The fourth-order valence-corrected chi connectivity index (χ4v) is 2.09. The van der Waals surface area contributed by atoms with Crippen molar-refractivity contribution >= 4 is 28.7 Å². The molecule has 0 saturated heterocycles. The lowest BCUT2D eigenvalue weighted by Crippen LogP contribution is -2.06. The lowest BCUT2D eigenvalue weighted by molar-refractivity contribution is -0.393. The van der Waals surface area contributed by atoms with Gasteiger partial charge >= 0.3 is 5.97 Å². The van der Waals surface area contributed by atoms with Crippen LogP contribution in [0.3, 0.4) is 0 Å². The minimum Gasteiger partial charge on any atom is -0.478 e. The largest absolute Gasteiger partial charge is 0.478 e. The quantitative estimate of drug-likeness (QED) is 0.638. The van der Waals surface area contributed by atoms with E-state index in [1.54, 1.807) is 19.1 Å². The fourth-order valence-electron chi connectivity index (χ4n) is 2.09. The molecule has 0 aromatic heterocycles. The second kappa shape index (κ2) is 6.10. The number of anilines is 2. The zero-order valence-corrected chi connectivity index (χ0v) is 11.8. The van der Waals surface area contributed by atoms with Gasteiger partial charge in [-0.3, -0.25) is 20.2 Å². The summed E-state index contributed by atoms with van der Waals surface area (Å²) in [5.41, 5.74) is -0.364. The first-order valence-electron chi connectivity index (χ1n) is 6.34. The van der Waals surface area contributed by atoms with Crippen LogP contribution in [0.5, 0.6) is 0 Å². The molecular formula is C14H11N3O6. The minimum atomic E-state index is -1.19. The molecule has 0 heterocycles. The number of nitrogens with one attached hydrogen (secondary N) is 1. The third-order valence-corrected chi connectivity index (χ3v) is 3.14. The summed E-state index contributed by atoms with van der Waals surface area (Å²) in [7, 11) is 0. The van der Waals surface area contributed by atoms with Gasteiger partial charge in [-0.2, -0.15) is 0 Å². The Morgan fingerprint density at radius 1 is 1.09 bits per heavy atom. The maximum absolute atomic E-state index is 11.3. The van der Waals surface area contributed by atoms with Crippen molar-refractivity contribution in [1.82, 2.24) is 0 Å². The van der Waals surface area contributed by atoms with E-state index in [1.165, 1.54) is 12.1 Å². The van der Waals surface area contributed by atoms with Gasteiger partial charge in [-0.15, -0.1) is 0 Å². The third kappa shape index (κ3) is 3.23. The first kappa shape index (κ1) is 15.9. The van der Waals surface area contributed by atoms with Crippen molar-refractivity contribution in [3.8, 4) is 0 Å². The number of benzene rings is 2. The maximum Gasteiger partial charge on any atom is 0.338 e. The summed E-state index contributed by atoms with van der Waals surface area (Å²) in [5.74, 6) is -1.19.